The Balaban J connectivity index is 1.82. The van der Waals surface area contributed by atoms with Gasteiger partial charge in [0.15, 0.2) is 11.5 Å². The van der Waals surface area contributed by atoms with Gasteiger partial charge in [0.25, 0.3) is 0 Å². The molecule has 2 heterocycles. The minimum absolute atomic E-state index is 0.0228. The molecule has 4 aliphatic rings. The van der Waals surface area contributed by atoms with Crippen LogP contribution in [0.1, 0.15) is 36.8 Å². The summed E-state index contributed by atoms with van der Waals surface area (Å²) in [5, 5.41) is 32.8. The zero-order valence-corrected chi connectivity index (χ0v) is 13.6. The zero-order chi connectivity index (χ0) is 16.7. The van der Waals surface area contributed by atoms with Crippen LogP contribution in [0.2, 0.25) is 0 Å². The summed E-state index contributed by atoms with van der Waals surface area (Å²) in [6.45, 7) is 5.29. The molecule has 3 N–H and O–H groups in total. The number of phenolic OH excluding ortho intramolecular Hbond substituents is 1. The predicted molar refractivity (Wildman–Crippen MR) is 88.0 cm³/mol. The predicted octanol–water partition coefficient (Wildman–Crippen LogP) is 1.44. The summed E-state index contributed by atoms with van der Waals surface area (Å²) >= 11 is 0. The van der Waals surface area contributed by atoms with Gasteiger partial charge in [-0.3, -0.25) is 4.90 Å². The standard InChI is InChI=1S/C19H23NO4/c1-2-9-20-10-11-3-4-12(21)16-15(11)18-7-6-14(20)19(18,23)8-5-13(22)17(18)24-16/h2-4,13-14,17,21-23H,1,5-10H2/t13?,14-,17?,18+,19-/m0/s1. The summed E-state index contributed by atoms with van der Waals surface area (Å²) in [4.78, 5) is 2.29. The number of hydrogen-bond donors (Lipinski definition) is 3. The largest absolute Gasteiger partial charge is 0.504 e. The third-order valence-corrected chi connectivity index (χ3v) is 6.88. The summed E-state index contributed by atoms with van der Waals surface area (Å²) < 4.78 is 6.08. The normalized spacial score (nSPS) is 42.3. The van der Waals surface area contributed by atoms with Crippen molar-refractivity contribution in [3.63, 3.8) is 0 Å². The third kappa shape index (κ3) is 1.43. The molecule has 5 heteroatoms. The lowest BCUT2D eigenvalue weighted by Crippen LogP contribution is -2.66. The number of rotatable bonds is 2. The molecule has 0 radical (unpaired) electrons. The Labute approximate surface area is 141 Å². The summed E-state index contributed by atoms with van der Waals surface area (Å²) in [6, 6.07) is 3.63. The fourth-order valence-electron chi connectivity index (χ4n) is 6.06. The Morgan fingerprint density at radius 3 is 2.96 bits per heavy atom. The summed E-state index contributed by atoms with van der Waals surface area (Å²) in [5.74, 6) is 0.575. The SMILES string of the molecule is C=CCN1Cc2ccc(O)c3c2[C@@]24CC[C@H]1[C@@]2(O)CCC(O)C4O3. The second kappa shape index (κ2) is 4.54. The molecule has 5 rings (SSSR count). The first-order chi connectivity index (χ1) is 11.5. The molecule has 2 aliphatic carbocycles. The van der Waals surface area contributed by atoms with Crippen molar-refractivity contribution >= 4 is 0 Å². The summed E-state index contributed by atoms with van der Waals surface area (Å²) in [6.07, 6.45) is 3.50. The highest BCUT2D eigenvalue weighted by Crippen LogP contribution is 2.66. The molecule has 2 saturated carbocycles. The van der Waals surface area contributed by atoms with Gasteiger partial charge >= 0.3 is 0 Å². The van der Waals surface area contributed by atoms with Crippen molar-refractivity contribution in [1.29, 1.82) is 0 Å². The molecule has 128 valence electrons. The van der Waals surface area contributed by atoms with Crippen molar-refractivity contribution in [1.82, 2.24) is 4.90 Å². The van der Waals surface area contributed by atoms with Crippen molar-refractivity contribution in [3.05, 3.63) is 35.9 Å². The van der Waals surface area contributed by atoms with Crippen molar-refractivity contribution in [2.24, 2.45) is 0 Å². The number of aliphatic hydroxyl groups excluding tert-OH is 1. The van der Waals surface area contributed by atoms with E-state index >= 15 is 0 Å². The van der Waals surface area contributed by atoms with Crippen LogP contribution in [-0.4, -0.2) is 50.6 Å². The zero-order valence-electron chi connectivity index (χ0n) is 13.6. The lowest BCUT2D eigenvalue weighted by molar-refractivity contribution is -0.150. The second-order valence-corrected chi connectivity index (χ2v) is 7.76. The average molecular weight is 329 g/mol. The van der Waals surface area contributed by atoms with E-state index in [4.69, 9.17) is 4.74 Å². The van der Waals surface area contributed by atoms with Crippen LogP contribution < -0.4 is 4.74 Å². The Bertz CT molecular complexity index is 734. The molecule has 1 spiro atoms. The van der Waals surface area contributed by atoms with Gasteiger partial charge in [-0.25, -0.2) is 0 Å². The van der Waals surface area contributed by atoms with Gasteiger partial charge in [-0.05, 0) is 37.3 Å². The highest BCUT2D eigenvalue weighted by Gasteiger charge is 2.73. The van der Waals surface area contributed by atoms with Crippen molar-refractivity contribution in [2.75, 3.05) is 6.54 Å². The van der Waals surface area contributed by atoms with Crippen LogP contribution in [0.3, 0.4) is 0 Å². The monoisotopic (exact) mass is 329 g/mol. The van der Waals surface area contributed by atoms with E-state index in [9.17, 15) is 15.3 Å². The maximum Gasteiger partial charge on any atom is 0.165 e. The van der Waals surface area contributed by atoms with Crippen LogP contribution in [0, 0.1) is 0 Å². The summed E-state index contributed by atoms with van der Waals surface area (Å²) in [5.41, 5.74) is 0.462. The van der Waals surface area contributed by atoms with Crippen LogP contribution >= 0.6 is 0 Å². The molecule has 24 heavy (non-hydrogen) atoms. The Morgan fingerprint density at radius 2 is 2.17 bits per heavy atom. The molecule has 0 saturated heterocycles. The molecule has 0 aromatic heterocycles. The van der Waals surface area contributed by atoms with Crippen molar-refractivity contribution < 1.29 is 20.1 Å². The van der Waals surface area contributed by atoms with Gasteiger partial charge in [0.2, 0.25) is 0 Å². The van der Waals surface area contributed by atoms with E-state index in [1.54, 1.807) is 6.07 Å². The smallest absolute Gasteiger partial charge is 0.165 e. The van der Waals surface area contributed by atoms with Gasteiger partial charge in [0.05, 0.1) is 17.1 Å². The quantitative estimate of drug-likeness (QED) is 0.716. The van der Waals surface area contributed by atoms with E-state index in [2.05, 4.69) is 11.5 Å². The van der Waals surface area contributed by atoms with Gasteiger partial charge in [-0.15, -0.1) is 6.58 Å². The first-order valence-electron chi connectivity index (χ1n) is 8.80. The van der Waals surface area contributed by atoms with Crippen LogP contribution in [0.4, 0.5) is 0 Å². The molecule has 2 unspecified atom stereocenters. The van der Waals surface area contributed by atoms with E-state index in [1.165, 1.54) is 0 Å². The first kappa shape index (κ1) is 14.8. The van der Waals surface area contributed by atoms with E-state index < -0.39 is 23.2 Å². The molecule has 2 bridgehead atoms. The topological polar surface area (TPSA) is 73.2 Å². The van der Waals surface area contributed by atoms with Gasteiger partial charge in [0.1, 0.15) is 6.10 Å². The molecule has 0 amide bonds. The molecular weight excluding hydrogens is 306 g/mol. The number of aliphatic hydroxyl groups is 2. The molecule has 5 atom stereocenters. The average Bonchev–Trinajstić information content (AvgIpc) is 3.03. The van der Waals surface area contributed by atoms with Gasteiger partial charge in [0, 0.05) is 24.7 Å². The minimum Gasteiger partial charge on any atom is -0.504 e. The minimum atomic E-state index is -0.940. The highest BCUT2D eigenvalue weighted by atomic mass is 16.5. The van der Waals surface area contributed by atoms with E-state index in [-0.39, 0.29) is 11.8 Å². The van der Waals surface area contributed by atoms with Crippen molar-refractivity contribution in [3.8, 4) is 11.5 Å². The van der Waals surface area contributed by atoms with Gasteiger partial charge in [-0.2, -0.15) is 0 Å². The maximum absolute atomic E-state index is 11.9. The Kier molecular flexibility index (Phi) is 2.79. The molecule has 2 fully saturated rings. The van der Waals surface area contributed by atoms with E-state index in [0.29, 0.717) is 31.7 Å². The summed E-state index contributed by atoms with van der Waals surface area (Å²) in [7, 11) is 0. The molecule has 1 aromatic carbocycles. The van der Waals surface area contributed by atoms with E-state index in [1.807, 2.05) is 12.1 Å². The van der Waals surface area contributed by atoms with Gasteiger partial charge < -0.3 is 20.1 Å². The van der Waals surface area contributed by atoms with Crippen molar-refractivity contribution in [2.45, 2.75) is 61.5 Å². The number of benzene rings is 1. The highest BCUT2D eigenvalue weighted by molar-refractivity contribution is 5.61. The molecule has 2 aliphatic heterocycles. The Hall–Kier alpha value is -1.56. The van der Waals surface area contributed by atoms with E-state index in [0.717, 1.165) is 24.0 Å². The lowest BCUT2D eigenvalue weighted by atomic mass is 9.59. The third-order valence-electron chi connectivity index (χ3n) is 6.88. The molecule has 1 aromatic rings. The molecule has 5 nitrogen and oxygen atoms in total. The fourth-order valence-corrected chi connectivity index (χ4v) is 6.06. The second-order valence-electron chi connectivity index (χ2n) is 7.76. The van der Waals surface area contributed by atoms with Crippen LogP contribution in [0.15, 0.2) is 24.8 Å². The first-order valence-corrected chi connectivity index (χ1v) is 8.80. The molecular formula is C19H23NO4. The van der Waals surface area contributed by atoms with Gasteiger partial charge in [-0.1, -0.05) is 12.1 Å². The number of hydrogen-bond acceptors (Lipinski definition) is 5. The van der Waals surface area contributed by atoms with Crippen LogP contribution in [-0.2, 0) is 12.0 Å². The maximum atomic E-state index is 11.9. The fraction of sp³-hybridized carbons (Fsp3) is 0.579. The van der Waals surface area contributed by atoms with Crippen LogP contribution in [0.5, 0.6) is 11.5 Å². The number of aromatic hydroxyl groups is 1. The number of nitrogens with zero attached hydrogens (tertiary/aromatic N) is 1. The lowest BCUT2D eigenvalue weighted by Gasteiger charge is -2.50. The van der Waals surface area contributed by atoms with Crippen LogP contribution in [0.25, 0.3) is 0 Å². The number of phenols is 1. The Morgan fingerprint density at radius 1 is 1.33 bits per heavy atom. The number of ether oxygens (including phenoxy) is 1.